The molecule has 1 aliphatic heterocycles. The van der Waals surface area contributed by atoms with E-state index in [4.69, 9.17) is 4.74 Å². The third-order valence-electron chi connectivity index (χ3n) is 5.19. The number of hydrogen-bond acceptors (Lipinski definition) is 7. The number of benzene rings is 1. The van der Waals surface area contributed by atoms with Gasteiger partial charge in [-0.3, -0.25) is 4.79 Å². The molecule has 2 heterocycles. The summed E-state index contributed by atoms with van der Waals surface area (Å²) in [6, 6.07) is 3.00. The summed E-state index contributed by atoms with van der Waals surface area (Å²) in [5.74, 6) is -1.17. The van der Waals surface area contributed by atoms with Gasteiger partial charge < -0.3 is 14.5 Å². The van der Waals surface area contributed by atoms with E-state index < -0.39 is 45.5 Å². The van der Waals surface area contributed by atoms with Crippen LogP contribution in [0.2, 0.25) is 0 Å². The van der Waals surface area contributed by atoms with Crippen molar-refractivity contribution in [1.29, 1.82) is 0 Å². The van der Waals surface area contributed by atoms with Crippen molar-refractivity contribution in [3.8, 4) is 5.75 Å². The summed E-state index contributed by atoms with van der Waals surface area (Å²) in [7, 11) is -3.78. The standard InChI is InChI=1S/C20H20F6N4O4S/c1-12(19(21,22)23)34-16-4-3-14(35(2,32)33)9-15(16)17(31)29-5-7-30(8-6-29)18-27-10-13(11-28-18)20(24,25)26/h3-4,9-12H,5-8H2,1-2H3/t12-/m1/s1. The van der Waals surface area contributed by atoms with Crippen LogP contribution in [0.15, 0.2) is 35.5 Å². The average molecular weight is 526 g/mol. The SMILES string of the molecule is C[C@@H](Oc1ccc(S(C)(=O)=O)cc1C(=O)N1CCN(c2ncc(C(F)(F)F)cn2)CC1)C(F)(F)F. The van der Waals surface area contributed by atoms with Crippen LogP contribution in [0.4, 0.5) is 32.3 Å². The summed E-state index contributed by atoms with van der Waals surface area (Å²) in [6.45, 7) is 1.05. The number of anilines is 1. The molecule has 8 nitrogen and oxygen atoms in total. The van der Waals surface area contributed by atoms with Crippen molar-refractivity contribution in [2.75, 3.05) is 37.3 Å². The molecule has 1 amide bonds. The zero-order valence-corrected chi connectivity index (χ0v) is 19.2. The van der Waals surface area contributed by atoms with Crippen molar-refractivity contribution in [2.24, 2.45) is 0 Å². The molecule has 0 spiro atoms. The van der Waals surface area contributed by atoms with E-state index in [-0.39, 0.29) is 42.6 Å². The van der Waals surface area contributed by atoms with E-state index in [2.05, 4.69) is 9.97 Å². The Bertz CT molecular complexity index is 1180. The Kier molecular flexibility index (Phi) is 7.20. The van der Waals surface area contributed by atoms with Crippen LogP contribution in [0.3, 0.4) is 0 Å². The quantitative estimate of drug-likeness (QED) is 0.553. The summed E-state index contributed by atoms with van der Waals surface area (Å²) in [4.78, 5) is 23.1. The Hall–Kier alpha value is -3.10. The molecule has 1 aromatic carbocycles. The fraction of sp³-hybridized carbons (Fsp3) is 0.450. The van der Waals surface area contributed by atoms with Crippen molar-refractivity contribution >= 4 is 21.7 Å². The van der Waals surface area contributed by atoms with Gasteiger partial charge in [-0.25, -0.2) is 18.4 Å². The minimum absolute atomic E-state index is 0.0206. The van der Waals surface area contributed by atoms with E-state index in [1.165, 1.54) is 4.90 Å². The summed E-state index contributed by atoms with van der Waals surface area (Å²) >= 11 is 0. The molecule has 0 N–H and O–H groups in total. The molecule has 2 aromatic rings. The lowest BCUT2D eigenvalue weighted by atomic mass is 10.1. The molecule has 3 rings (SSSR count). The lowest BCUT2D eigenvalue weighted by molar-refractivity contribution is -0.189. The predicted molar refractivity (Wildman–Crippen MR) is 111 cm³/mol. The van der Waals surface area contributed by atoms with Gasteiger partial charge >= 0.3 is 12.4 Å². The molecular weight excluding hydrogens is 506 g/mol. The van der Waals surface area contributed by atoms with Crippen LogP contribution in [0, 0.1) is 0 Å². The molecule has 0 unspecified atom stereocenters. The van der Waals surface area contributed by atoms with Crippen LogP contribution in [0.5, 0.6) is 5.75 Å². The molecule has 1 fully saturated rings. The second kappa shape index (κ2) is 9.51. The summed E-state index contributed by atoms with van der Waals surface area (Å²) in [6.07, 6.45) is -9.40. The molecule has 35 heavy (non-hydrogen) atoms. The van der Waals surface area contributed by atoms with Crippen molar-refractivity contribution in [3.63, 3.8) is 0 Å². The van der Waals surface area contributed by atoms with Crippen LogP contribution in [-0.4, -0.2) is 73.9 Å². The van der Waals surface area contributed by atoms with E-state index >= 15 is 0 Å². The fourth-order valence-corrected chi connectivity index (χ4v) is 3.82. The van der Waals surface area contributed by atoms with E-state index in [9.17, 15) is 39.6 Å². The number of carbonyl (C=O) groups is 1. The highest BCUT2D eigenvalue weighted by atomic mass is 32.2. The molecule has 0 bridgehead atoms. The van der Waals surface area contributed by atoms with E-state index in [0.29, 0.717) is 12.4 Å². The number of hydrogen-bond donors (Lipinski definition) is 0. The number of rotatable bonds is 5. The number of ether oxygens (including phenoxy) is 1. The normalized spacial score (nSPS) is 16.2. The van der Waals surface area contributed by atoms with Gasteiger partial charge in [0.1, 0.15) is 5.75 Å². The zero-order chi connectivity index (χ0) is 26.2. The van der Waals surface area contributed by atoms with Crippen molar-refractivity contribution in [2.45, 2.75) is 30.3 Å². The van der Waals surface area contributed by atoms with Crippen LogP contribution in [0.25, 0.3) is 0 Å². The van der Waals surface area contributed by atoms with Gasteiger partial charge in [0.15, 0.2) is 15.9 Å². The zero-order valence-electron chi connectivity index (χ0n) is 18.4. The maximum absolute atomic E-state index is 13.1. The van der Waals surface area contributed by atoms with Gasteiger partial charge in [-0.1, -0.05) is 0 Å². The first-order valence-electron chi connectivity index (χ1n) is 10.1. The number of alkyl halides is 6. The first kappa shape index (κ1) is 26.5. The Morgan fingerprint density at radius 2 is 1.60 bits per heavy atom. The largest absolute Gasteiger partial charge is 0.480 e. The summed E-state index contributed by atoms with van der Waals surface area (Å²) < 4.78 is 106. The highest BCUT2D eigenvalue weighted by Crippen LogP contribution is 2.31. The van der Waals surface area contributed by atoms with Crippen molar-refractivity contribution in [1.82, 2.24) is 14.9 Å². The van der Waals surface area contributed by atoms with Gasteiger partial charge in [-0.2, -0.15) is 26.3 Å². The molecule has 1 saturated heterocycles. The monoisotopic (exact) mass is 526 g/mol. The lowest BCUT2D eigenvalue weighted by Crippen LogP contribution is -2.49. The first-order valence-corrected chi connectivity index (χ1v) is 12.0. The highest BCUT2D eigenvalue weighted by Gasteiger charge is 2.39. The summed E-state index contributed by atoms with van der Waals surface area (Å²) in [5.41, 5.74) is -1.37. The molecule has 1 aliphatic rings. The van der Waals surface area contributed by atoms with Crippen molar-refractivity contribution in [3.05, 3.63) is 41.7 Å². The summed E-state index contributed by atoms with van der Waals surface area (Å²) in [5, 5.41) is 0. The Morgan fingerprint density at radius 1 is 1.03 bits per heavy atom. The van der Waals surface area contributed by atoms with E-state index in [1.807, 2.05) is 0 Å². The number of aromatic nitrogens is 2. The van der Waals surface area contributed by atoms with Crippen LogP contribution >= 0.6 is 0 Å². The van der Waals surface area contributed by atoms with Crippen LogP contribution in [0.1, 0.15) is 22.8 Å². The smallest absolute Gasteiger partial charge is 0.425 e. The van der Waals surface area contributed by atoms with Gasteiger partial charge in [0.05, 0.1) is 16.0 Å². The van der Waals surface area contributed by atoms with Crippen LogP contribution in [-0.2, 0) is 16.0 Å². The third kappa shape index (κ3) is 6.32. The van der Waals surface area contributed by atoms with Gasteiger partial charge in [-0.05, 0) is 25.1 Å². The highest BCUT2D eigenvalue weighted by molar-refractivity contribution is 7.90. The number of carbonyl (C=O) groups excluding carboxylic acids is 1. The number of amides is 1. The third-order valence-corrected chi connectivity index (χ3v) is 6.30. The minimum atomic E-state index is -4.72. The topological polar surface area (TPSA) is 92.7 Å². The van der Waals surface area contributed by atoms with Gasteiger partial charge in [-0.15, -0.1) is 0 Å². The Morgan fingerprint density at radius 3 is 2.09 bits per heavy atom. The minimum Gasteiger partial charge on any atom is -0.480 e. The molecule has 1 atom stereocenters. The number of sulfone groups is 1. The van der Waals surface area contributed by atoms with Gasteiger partial charge in [0, 0.05) is 44.8 Å². The molecule has 15 heteroatoms. The molecule has 0 aliphatic carbocycles. The number of nitrogens with zero attached hydrogens (tertiary/aromatic N) is 4. The van der Waals surface area contributed by atoms with Crippen LogP contribution < -0.4 is 9.64 Å². The predicted octanol–water partition coefficient (Wildman–Crippen LogP) is 3.19. The second-order valence-electron chi connectivity index (χ2n) is 7.78. The molecule has 0 radical (unpaired) electrons. The first-order chi connectivity index (χ1) is 16.1. The van der Waals surface area contributed by atoms with Gasteiger partial charge in [0.2, 0.25) is 5.95 Å². The number of halogens is 6. The van der Waals surface area contributed by atoms with E-state index in [0.717, 1.165) is 31.4 Å². The maximum Gasteiger partial charge on any atom is 0.425 e. The number of piperazine rings is 1. The van der Waals surface area contributed by atoms with Gasteiger partial charge in [0.25, 0.3) is 5.91 Å². The average Bonchev–Trinajstić information content (AvgIpc) is 2.77. The fourth-order valence-electron chi connectivity index (χ4n) is 3.18. The van der Waals surface area contributed by atoms with E-state index in [1.54, 1.807) is 4.90 Å². The lowest BCUT2D eigenvalue weighted by Gasteiger charge is -2.35. The Balaban J connectivity index is 1.79. The Labute approximate surface area is 196 Å². The molecule has 1 aromatic heterocycles. The van der Waals surface area contributed by atoms with Crippen molar-refractivity contribution < 1.29 is 44.3 Å². The molecule has 192 valence electrons. The second-order valence-corrected chi connectivity index (χ2v) is 9.80. The molecular formula is C20H20F6N4O4S. The maximum atomic E-state index is 13.1. The molecule has 0 saturated carbocycles.